The topological polar surface area (TPSA) is 48.0 Å². The number of carbonyl (C=O) groups is 1. The fourth-order valence-corrected chi connectivity index (χ4v) is 3.58. The molecule has 5 heteroatoms. The highest BCUT2D eigenvalue weighted by Crippen LogP contribution is 2.36. The smallest absolute Gasteiger partial charge is 0.248 e. The van der Waals surface area contributed by atoms with Gasteiger partial charge in [-0.1, -0.05) is 12.8 Å². The average molecular weight is 297 g/mol. The summed E-state index contributed by atoms with van der Waals surface area (Å²) >= 11 is 0. The minimum absolute atomic E-state index is 0.158. The van der Waals surface area contributed by atoms with Gasteiger partial charge in [-0.3, -0.25) is 4.79 Å². The molecule has 0 aromatic rings. The van der Waals surface area contributed by atoms with Crippen LogP contribution < -0.4 is 0 Å². The van der Waals surface area contributed by atoms with Crippen LogP contribution in [0.1, 0.15) is 51.4 Å². The number of likely N-dealkylation sites (tertiary alicyclic amines) is 1. The first kappa shape index (κ1) is 15.3. The SMILES string of the molecule is O=C(COC1CCC2(CC1)OCCO2)N1CCCCCC1. The van der Waals surface area contributed by atoms with Crippen LogP contribution in [0.4, 0.5) is 0 Å². The first-order valence-corrected chi connectivity index (χ1v) is 8.45. The second kappa shape index (κ2) is 7.07. The molecule has 3 fully saturated rings. The van der Waals surface area contributed by atoms with Gasteiger partial charge in [-0.05, 0) is 25.7 Å². The number of rotatable bonds is 3. The molecule has 0 aromatic carbocycles. The van der Waals surface area contributed by atoms with E-state index in [0.29, 0.717) is 13.2 Å². The molecular formula is C16H27NO4. The molecule has 1 saturated carbocycles. The van der Waals surface area contributed by atoms with E-state index in [1.165, 1.54) is 12.8 Å². The fraction of sp³-hybridized carbons (Fsp3) is 0.938. The fourth-order valence-electron chi connectivity index (χ4n) is 3.58. The van der Waals surface area contributed by atoms with Gasteiger partial charge in [-0.2, -0.15) is 0 Å². The van der Waals surface area contributed by atoms with E-state index >= 15 is 0 Å². The lowest BCUT2D eigenvalue weighted by molar-refractivity contribution is -0.192. The van der Waals surface area contributed by atoms with Crippen molar-refractivity contribution in [2.45, 2.75) is 63.3 Å². The standard InChI is InChI=1S/C16H27NO4/c18-15(17-9-3-1-2-4-10-17)13-19-14-5-7-16(8-6-14)20-11-12-21-16/h14H,1-13H2. The van der Waals surface area contributed by atoms with Crippen LogP contribution in [0.15, 0.2) is 0 Å². The van der Waals surface area contributed by atoms with Crippen molar-refractivity contribution in [3.05, 3.63) is 0 Å². The molecule has 0 bridgehead atoms. The molecule has 0 atom stereocenters. The summed E-state index contributed by atoms with van der Waals surface area (Å²) in [7, 11) is 0. The third-order valence-corrected chi connectivity index (χ3v) is 4.91. The van der Waals surface area contributed by atoms with E-state index in [1.54, 1.807) is 0 Å². The minimum atomic E-state index is -0.339. The van der Waals surface area contributed by atoms with Crippen molar-refractivity contribution >= 4 is 5.91 Å². The van der Waals surface area contributed by atoms with Gasteiger partial charge < -0.3 is 19.1 Å². The van der Waals surface area contributed by atoms with E-state index in [-0.39, 0.29) is 24.4 Å². The molecule has 21 heavy (non-hydrogen) atoms. The van der Waals surface area contributed by atoms with Crippen LogP contribution in [0.3, 0.4) is 0 Å². The summed E-state index contributed by atoms with van der Waals surface area (Å²) in [6.45, 7) is 3.45. The Labute approximate surface area is 126 Å². The van der Waals surface area contributed by atoms with Crippen molar-refractivity contribution in [1.82, 2.24) is 4.90 Å². The lowest BCUT2D eigenvalue weighted by Gasteiger charge is -2.35. The Morgan fingerprint density at radius 2 is 1.67 bits per heavy atom. The summed E-state index contributed by atoms with van der Waals surface area (Å²) in [5.41, 5.74) is 0. The normalized spacial score (nSPS) is 27.0. The second-order valence-corrected chi connectivity index (χ2v) is 6.41. The van der Waals surface area contributed by atoms with Crippen molar-refractivity contribution in [3.63, 3.8) is 0 Å². The Morgan fingerprint density at radius 1 is 1.05 bits per heavy atom. The van der Waals surface area contributed by atoms with E-state index in [9.17, 15) is 4.79 Å². The van der Waals surface area contributed by atoms with Gasteiger partial charge in [-0.15, -0.1) is 0 Å². The zero-order valence-corrected chi connectivity index (χ0v) is 12.8. The largest absolute Gasteiger partial charge is 0.368 e. The molecule has 2 saturated heterocycles. The molecule has 3 aliphatic rings. The van der Waals surface area contributed by atoms with Crippen LogP contribution in [0.5, 0.6) is 0 Å². The average Bonchev–Trinajstić information content (AvgIpc) is 2.79. The second-order valence-electron chi connectivity index (χ2n) is 6.41. The summed E-state index contributed by atoms with van der Waals surface area (Å²) in [6.07, 6.45) is 8.55. The van der Waals surface area contributed by atoms with Crippen LogP contribution in [0, 0.1) is 0 Å². The Kier molecular flexibility index (Phi) is 5.14. The Morgan fingerprint density at radius 3 is 2.29 bits per heavy atom. The van der Waals surface area contributed by atoms with Crippen LogP contribution in [-0.2, 0) is 19.0 Å². The molecule has 1 amide bonds. The molecule has 120 valence electrons. The minimum Gasteiger partial charge on any atom is -0.368 e. The maximum atomic E-state index is 12.2. The number of nitrogens with zero attached hydrogens (tertiary/aromatic N) is 1. The number of amides is 1. The van der Waals surface area contributed by atoms with Crippen molar-refractivity contribution in [1.29, 1.82) is 0 Å². The van der Waals surface area contributed by atoms with E-state index in [4.69, 9.17) is 14.2 Å². The van der Waals surface area contributed by atoms with E-state index in [1.807, 2.05) is 4.90 Å². The van der Waals surface area contributed by atoms with Gasteiger partial charge in [0.05, 0.1) is 19.3 Å². The lowest BCUT2D eigenvalue weighted by atomic mass is 9.92. The maximum absolute atomic E-state index is 12.2. The summed E-state index contributed by atoms with van der Waals surface area (Å²) in [6, 6.07) is 0. The highest BCUT2D eigenvalue weighted by Gasteiger charge is 2.40. The molecule has 1 spiro atoms. The van der Waals surface area contributed by atoms with Crippen LogP contribution >= 0.6 is 0 Å². The number of hydrogen-bond acceptors (Lipinski definition) is 4. The molecule has 2 heterocycles. The molecule has 0 N–H and O–H groups in total. The first-order chi connectivity index (χ1) is 10.3. The van der Waals surface area contributed by atoms with Crippen LogP contribution in [0.25, 0.3) is 0 Å². The van der Waals surface area contributed by atoms with Crippen molar-refractivity contribution in [2.75, 3.05) is 32.9 Å². The monoisotopic (exact) mass is 297 g/mol. The zero-order valence-electron chi connectivity index (χ0n) is 12.8. The molecule has 1 aliphatic carbocycles. The Hall–Kier alpha value is -0.650. The zero-order chi connectivity index (χ0) is 14.5. The molecule has 2 aliphatic heterocycles. The van der Waals surface area contributed by atoms with Gasteiger partial charge in [0, 0.05) is 25.9 Å². The predicted octanol–water partition coefficient (Wildman–Crippen LogP) is 2.09. The Bertz CT molecular complexity index is 336. The highest BCUT2D eigenvalue weighted by atomic mass is 16.7. The lowest BCUT2D eigenvalue weighted by Crippen LogP contribution is -2.40. The van der Waals surface area contributed by atoms with Crippen molar-refractivity contribution in [2.24, 2.45) is 0 Å². The van der Waals surface area contributed by atoms with Gasteiger partial charge in [0.1, 0.15) is 6.61 Å². The Balaban J connectivity index is 1.38. The summed E-state index contributed by atoms with van der Waals surface area (Å²) < 4.78 is 17.3. The van der Waals surface area contributed by atoms with Crippen LogP contribution in [0.2, 0.25) is 0 Å². The van der Waals surface area contributed by atoms with Gasteiger partial charge in [0.25, 0.3) is 0 Å². The van der Waals surface area contributed by atoms with E-state index < -0.39 is 0 Å². The van der Waals surface area contributed by atoms with Crippen molar-refractivity contribution in [3.8, 4) is 0 Å². The number of carbonyl (C=O) groups excluding carboxylic acids is 1. The quantitative estimate of drug-likeness (QED) is 0.800. The molecule has 0 aromatic heterocycles. The molecular weight excluding hydrogens is 270 g/mol. The van der Waals surface area contributed by atoms with Crippen LogP contribution in [-0.4, -0.2) is 55.6 Å². The van der Waals surface area contributed by atoms with E-state index in [2.05, 4.69) is 0 Å². The van der Waals surface area contributed by atoms with E-state index in [0.717, 1.165) is 51.6 Å². The molecule has 0 radical (unpaired) electrons. The summed E-state index contributed by atoms with van der Waals surface area (Å²) in [5, 5.41) is 0. The van der Waals surface area contributed by atoms with Crippen molar-refractivity contribution < 1.29 is 19.0 Å². The number of ether oxygens (including phenoxy) is 3. The third kappa shape index (κ3) is 3.96. The first-order valence-electron chi connectivity index (χ1n) is 8.45. The summed E-state index contributed by atoms with van der Waals surface area (Å²) in [4.78, 5) is 14.2. The van der Waals surface area contributed by atoms with Gasteiger partial charge in [-0.25, -0.2) is 0 Å². The highest BCUT2D eigenvalue weighted by molar-refractivity contribution is 5.77. The van der Waals surface area contributed by atoms with Gasteiger partial charge in [0.15, 0.2) is 5.79 Å². The predicted molar refractivity (Wildman–Crippen MR) is 77.9 cm³/mol. The number of hydrogen-bond donors (Lipinski definition) is 0. The molecule has 0 unspecified atom stereocenters. The molecule has 3 rings (SSSR count). The van der Waals surface area contributed by atoms with Gasteiger partial charge >= 0.3 is 0 Å². The summed E-state index contributed by atoms with van der Waals surface area (Å²) in [5.74, 6) is -0.181. The van der Waals surface area contributed by atoms with Gasteiger partial charge in [0.2, 0.25) is 5.91 Å². The maximum Gasteiger partial charge on any atom is 0.248 e. The third-order valence-electron chi connectivity index (χ3n) is 4.91. The molecule has 5 nitrogen and oxygen atoms in total.